The number of nitrogens with one attached hydrogen (secondary N) is 1. The van der Waals surface area contributed by atoms with Gasteiger partial charge in [0.05, 0.1) is 0 Å². The van der Waals surface area contributed by atoms with Gasteiger partial charge in [-0.15, -0.1) is 0 Å². The highest BCUT2D eigenvalue weighted by molar-refractivity contribution is 6.69. The lowest BCUT2D eigenvalue weighted by molar-refractivity contribution is -0.143. The largest absolute Gasteiger partial charge is 0.480 e. The van der Waals surface area contributed by atoms with Gasteiger partial charge in [0, 0.05) is 0 Å². The standard InChI is InChI=1S/C8H9N5O4/c9-8(2-17-1-4(14)15)12-6-5(7(16)13-8)10-3-11-6/h3H,1-2,9H2,(H,13,16)(H,14,15). The summed E-state index contributed by atoms with van der Waals surface area (Å²) in [7, 11) is 0. The molecule has 1 amide bonds. The second kappa shape index (κ2) is 4.03. The summed E-state index contributed by atoms with van der Waals surface area (Å²) in [6.45, 7) is -0.790. The van der Waals surface area contributed by atoms with E-state index >= 15 is 0 Å². The van der Waals surface area contributed by atoms with E-state index in [-0.39, 0.29) is 18.2 Å². The molecule has 4 N–H and O–H groups in total. The van der Waals surface area contributed by atoms with Crippen LogP contribution < -0.4 is 11.1 Å². The number of carboxylic acids is 1. The molecule has 0 aliphatic carbocycles. The lowest BCUT2D eigenvalue weighted by atomic mass is 10.2. The highest BCUT2D eigenvalue weighted by Crippen LogP contribution is 2.10. The van der Waals surface area contributed by atoms with Crippen LogP contribution >= 0.6 is 0 Å². The molecule has 9 heteroatoms. The third-order valence-electron chi connectivity index (χ3n) is 1.98. The number of nitrogens with two attached hydrogens (primary N) is 1. The van der Waals surface area contributed by atoms with Crippen LogP contribution in [-0.4, -0.2) is 53.9 Å². The van der Waals surface area contributed by atoms with Crippen molar-refractivity contribution in [3.8, 4) is 0 Å². The third kappa shape index (κ3) is 2.34. The van der Waals surface area contributed by atoms with Crippen LogP contribution in [0.1, 0.15) is 0 Å². The van der Waals surface area contributed by atoms with E-state index in [1.54, 1.807) is 0 Å². The number of rotatable bonds is 4. The Labute approximate surface area is 95.1 Å². The van der Waals surface area contributed by atoms with E-state index in [1.807, 2.05) is 0 Å². The first-order valence-electron chi connectivity index (χ1n) is 4.62. The van der Waals surface area contributed by atoms with Crippen LogP contribution in [-0.2, 0) is 14.3 Å². The fraction of sp³-hybridized carbons (Fsp3) is 0.375. The monoisotopic (exact) mass is 239 g/mol. The normalized spacial score (nSPS) is 26.1. The maximum atomic E-state index is 11.5. The van der Waals surface area contributed by atoms with E-state index in [4.69, 9.17) is 15.6 Å². The van der Waals surface area contributed by atoms with Crippen molar-refractivity contribution < 1.29 is 19.4 Å². The number of ether oxygens (including phenoxy) is 1. The molecular weight excluding hydrogens is 230 g/mol. The molecule has 0 fully saturated rings. The molecule has 1 atom stereocenters. The van der Waals surface area contributed by atoms with Crippen LogP contribution in [0.5, 0.6) is 0 Å². The Balaban J connectivity index is 2.08. The predicted molar refractivity (Wildman–Crippen MR) is 56.9 cm³/mol. The number of amidine groups is 1. The minimum atomic E-state index is -1.51. The molecule has 9 nitrogen and oxygen atoms in total. The SMILES string of the molecule is NC1(COCC(=O)O)N=C2N=CN=C2C(=O)N1. The summed E-state index contributed by atoms with van der Waals surface area (Å²) >= 11 is 0. The van der Waals surface area contributed by atoms with Crippen LogP contribution in [0.3, 0.4) is 0 Å². The Hall–Kier alpha value is -2.13. The summed E-state index contributed by atoms with van der Waals surface area (Å²) in [5.41, 5.74) is 5.81. The Morgan fingerprint density at radius 1 is 1.65 bits per heavy atom. The van der Waals surface area contributed by atoms with Crippen LogP contribution in [0.15, 0.2) is 15.0 Å². The molecule has 2 heterocycles. The number of aliphatic carboxylic acids is 1. The molecule has 0 aromatic heterocycles. The molecular formula is C8H9N5O4. The summed E-state index contributed by atoms with van der Waals surface area (Å²) in [5.74, 6) is -3.05. The number of hydrogen-bond donors (Lipinski definition) is 3. The Morgan fingerprint density at radius 3 is 3.12 bits per heavy atom. The number of fused-ring (bicyclic) bond motifs is 1. The summed E-state index contributed by atoms with van der Waals surface area (Å²) in [6, 6.07) is 0. The first kappa shape index (κ1) is 11.4. The number of nitrogens with zero attached hydrogens (tertiary/aromatic N) is 3. The third-order valence-corrected chi connectivity index (χ3v) is 1.98. The van der Waals surface area contributed by atoms with Crippen molar-refractivity contribution in [3.63, 3.8) is 0 Å². The van der Waals surface area contributed by atoms with Crippen molar-refractivity contribution in [1.82, 2.24) is 5.32 Å². The molecule has 1 unspecified atom stereocenters. The van der Waals surface area contributed by atoms with Crippen LogP contribution in [0.4, 0.5) is 0 Å². The number of aliphatic imine (C=N–C) groups is 3. The van der Waals surface area contributed by atoms with E-state index in [1.165, 1.54) is 6.34 Å². The number of amides is 1. The molecule has 0 spiro atoms. The molecule has 17 heavy (non-hydrogen) atoms. The van der Waals surface area contributed by atoms with Crippen LogP contribution in [0.25, 0.3) is 0 Å². The zero-order valence-electron chi connectivity index (χ0n) is 8.58. The van der Waals surface area contributed by atoms with Gasteiger partial charge in [0.2, 0.25) is 5.79 Å². The molecule has 0 saturated heterocycles. The van der Waals surface area contributed by atoms with Gasteiger partial charge in [-0.25, -0.2) is 19.8 Å². The summed E-state index contributed by atoms with van der Waals surface area (Å²) in [5, 5.41) is 10.8. The minimum absolute atomic E-state index is 0.0873. The van der Waals surface area contributed by atoms with Gasteiger partial charge < -0.3 is 15.2 Å². The van der Waals surface area contributed by atoms with Gasteiger partial charge >= 0.3 is 5.97 Å². The first-order chi connectivity index (χ1) is 8.00. The summed E-state index contributed by atoms with van der Waals surface area (Å²) < 4.78 is 4.80. The first-order valence-corrected chi connectivity index (χ1v) is 4.62. The predicted octanol–water partition coefficient (Wildman–Crippen LogP) is -2.29. The quantitative estimate of drug-likeness (QED) is 0.506. The second-order valence-electron chi connectivity index (χ2n) is 3.42. The van der Waals surface area contributed by atoms with Gasteiger partial charge in [-0.2, -0.15) is 0 Å². The summed E-state index contributed by atoms with van der Waals surface area (Å²) in [6.07, 6.45) is 1.19. The molecule has 2 aliphatic rings. The van der Waals surface area contributed by atoms with Gasteiger partial charge in [-0.05, 0) is 0 Å². The van der Waals surface area contributed by atoms with E-state index in [2.05, 4.69) is 20.3 Å². The van der Waals surface area contributed by atoms with Gasteiger partial charge in [0.25, 0.3) is 5.91 Å². The Morgan fingerprint density at radius 2 is 2.41 bits per heavy atom. The Kier molecular flexibility index (Phi) is 2.69. The average molecular weight is 239 g/mol. The maximum Gasteiger partial charge on any atom is 0.329 e. The highest BCUT2D eigenvalue weighted by atomic mass is 16.5. The number of carboxylic acid groups (broad SMARTS) is 1. The molecule has 2 rings (SSSR count). The number of carbonyl (C=O) groups is 2. The lowest BCUT2D eigenvalue weighted by Crippen LogP contribution is -2.63. The average Bonchev–Trinajstić information content (AvgIpc) is 2.64. The van der Waals surface area contributed by atoms with E-state index < -0.39 is 24.3 Å². The minimum Gasteiger partial charge on any atom is -0.480 e. The molecule has 0 radical (unpaired) electrons. The Bertz CT molecular complexity index is 469. The topological polar surface area (TPSA) is 139 Å². The van der Waals surface area contributed by atoms with Crippen molar-refractivity contribution >= 4 is 29.8 Å². The molecule has 0 saturated carbocycles. The highest BCUT2D eigenvalue weighted by Gasteiger charge is 2.37. The molecule has 0 aromatic rings. The zero-order chi connectivity index (χ0) is 12.5. The lowest BCUT2D eigenvalue weighted by Gasteiger charge is -2.29. The van der Waals surface area contributed by atoms with E-state index in [0.717, 1.165) is 0 Å². The second-order valence-corrected chi connectivity index (χ2v) is 3.42. The number of carbonyl (C=O) groups excluding carboxylic acids is 1. The van der Waals surface area contributed by atoms with Crippen molar-refractivity contribution in [2.45, 2.75) is 5.79 Å². The van der Waals surface area contributed by atoms with Crippen molar-refractivity contribution in [2.24, 2.45) is 20.7 Å². The van der Waals surface area contributed by atoms with Gasteiger partial charge in [0.1, 0.15) is 19.6 Å². The van der Waals surface area contributed by atoms with Gasteiger partial charge in [-0.1, -0.05) is 0 Å². The summed E-state index contributed by atoms with van der Waals surface area (Å²) in [4.78, 5) is 33.2. The van der Waals surface area contributed by atoms with Crippen molar-refractivity contribution in [1.29, 1.82) is 0 Å². The maximum absolute atomic E-state index is 11.5. The molecule has 2 aliphatic heterocycles. The van der Waals surface area contributed by atoms with Crippen LogP contribution in [0.2, 0.25) is 0 Å². The smallest absolute Gasteiger partial charge is 0.329 e. The molecule has 0 aromatic carbocycles. The fourth-order valence-electron chi connectivity index (χ4n) is 1.34. The van der Waals surface area contributed by atoms with Crippen molar-refractivity contribution in [3.05, 3.63) is 0 Å². The molecule has 90 valence electrons. The van der Waals surface area contributed by atoms with E-state index in [0.29, 0.717) is 0 Å². The number of hydrogen-bond acceptors (Lipinski definition) is 7. The fourth-order valence-corrected chi connectivity index (χ4v) is 1.34. The zero-order valence-corrected chi connectivity index (χ0v) is 8.58. The van der Waals surface area contributed by atoms with E-state index in [9.17, 15) is 9.59 Å². The molecule has 0 bridgehead atoms. The van der Waals surface area contributed by atoms with Gasteiger partial charge in [-0.3, -0.25) is 10.5 Å². The van der Waals surface area contributed by atoms with Crippen molar-refractivity contribution in [2.75, 3.05) is 13.2 Å². The van der Waals surface area contributed by atoms with Crippen LogP contribution in [0, 0.1) is 0 Å². The van der Waals surface area contributed by atoms with Gasteiger partial charge in [0.15, 0.2) is 11.5 Å².